The smallest absolute Gasteiger partial charge is 0.261 e. The molecule has 0 spiro atoms. The fourth-order valence-corrected chi connectivity index (χ4v) is 3.47. The minimum atomic E-state index is -0.343. The normalized spacial score (nSPS) is 10.9. The molecular weight excluding hydrogens is 420 g/mol. The second kappa shape index (κ2) is 8.83. The third-order valence-corrected chi connectivity index (χ3v) is 5.09. The fraction of sp³-hybridized carbons (Fsp3) is 0.0833. The highest BCUT2D eigenvalue weighted by Gasteiger charge is 2.14. The number of hydrogen-bond donors (Lipinski definition) is 1. The summed E-state index contributed by atoms with van der Waals surface area (Å²) in [6.45, 7) is -0.155. The number of benzene rings is 2. The summed E-state index contributed by atoms with van der Waals surface area (Å²) in [4.78, 5) is 38.0. The van der Waals surface area contributed by atoms with Crippen LogP contribution >= 0.6 is 0 Å². The average Bonchev–Trinajstić information content (AvgIpc) is 3.31. The monoisotopic (exact) mass is 438 g/mol. The van der Waals surface area contributed by atoms with E-state index in [2.05, 4.69) is 25.4 Å². The van der Waals surface area contributed by atoms with Crippen LogP contribution in [0.4, 0.5) is 5.69 Å². The lowest BCUT2D eigenvalue weighted by Crippen LogP contribution is -2.28. The number of aromatic nitrogens is 5. The Hall–Kier alpha value is -4.66. The van der Waals surface area contributed by atoms with Gasteiger partial charge in [0.05, 0.1) is 23.7 Å². The number of para-hydroxylation sites is 2. The maximum absolute atomic E-state index is 12.7. The number of nitrogens with one attached hydrogen (secondary N) is 1. The minimum absolute atomic E-state index is 0.155. The van der Waals surface area contributed by atoms with E-state index < -0.39 is 0 Å². The molecule has 0 atom stereocenters. The number of anilines is 1. The van der Waals surface area contributed by atoms with Crippen molar-refractivity contribution in [3.05, 3.63) is 101 Å². The van der Waals surface area contributed by atoms with E-state index in [0.29, 0.717) is 34.7 Å². The summed E-state index contributed by atoms with van der Waals surface area (Å²) in [6.07, 6.45) is 5.04. The molecule has 0 radical (unpaired) electrons. The Morgan fingerprint density at radius 2 is 1.79 bits per heavy atom. The molecule has 0 aliphatic heterocycles. The Balaban J connectivity index is 1.32. The van der Waals surface area contributed by atoms with Crippen LogP contribution in [0.25, 0.3) is 22.3 Å². The second-order valence-corrected chi connectivity index (χ2v) is 7.32. The number of fused-ring (bicyclic) bond motifs is 1. The van der Waals surface area contributed by atoms with Gasteiger partial charge in [0, 0.05) is 23.6 Å². The van der Waals surface area contributed by atoms with Crippen molar-refractivity contribution >= 4 is 22.5 Å². The highest BCUT2D eigenvalue weighted by atomic mass is 16.5. The molecule has 5 aromatic rings. The number of hydrogen-bond acceptors (Lipinski definition) is 7. The van der Waals surface area contributed by atoms with Crippen LogP contribution in [0, 0.1) is 0 Å². The molecule has 2 aromatic carbocycles. The lowest BCUT2D eigenvalue weighted by Gasteiger charge is -2.11. The summed E-state index contributed by atoms with van der Waals surface area (Å²) in [5.41, 5.74) is 2.54. The standard InChI is InChI=1S/C24H18N6O3/c31-21(14-30-15-26-20-8-4-2-6-18(20)24(30)32)27-19-7-3-1-5-17(19)13-22-28-23(29-33-22)16-9-11-25-12-10-16/h1-12,15H,13-14H2,(H,27,31). The summed E-state index contributed by atoms with van der Waals surface area (Å²) < 4.78 is 6.68. The van der Waals surface area contributed by atoms with Gasteiger partial charge >= 0.3 is 0 Å². The van der Waals surface area contributed by atoms with E-state index >= 15 is 0 Å². The van der Waals surface area contributed by atoms with E-state index in [1.165, 1.54) is 10.9 Å². The Morgan fingerprint density at radius 1 is 1.00 bits per heavy atom. The van der Waals surface area contributed by atoms with Crippen LogP contribution < -0.4 is 10.9 Å². The SMILES string of the molecule is O=C(Cn1cnc2ccccc2c1=O)Nc1ccccc1Cc1nc(-c2ccncc2)no1. The molecule has 9 heteroatoms. The van der Waals surface area contributed by atoms with Crippen LogP contribution in [0.15, 0.2) is 88.7 Å². The molecule has 0 unspecified atom stereocenters. The molecule has 0 saturated heterocycles. The summed E-state index contributed by atoms with van der Waals surface area (Å²) >= 11 is 0. The molecule has 0 bridgehead atoms. The molecule has 0 aliphatic rings. The van der Waals surface area contributed by atoms with Gasteiger partial charge in [0.2, 0.25) is 17.6 Å². The van der Waals surface area contributed by atoms with E-state index in [9.17, 15) is 9.59 Å². The number of nitrogens with zero attached hydrogens (tertiary/aromatic N) is 5. The van der Waals surface area contributed by atoms with Gasteiger partial charge in [-0.3, -0.25) is 19.1 Å². The molecule has 5 rings (SSSR count). The van der Waals surface area contributed by atoms with Crippen molar-refractivity contribution in [3.63, 3.8) is 0 Å². The number of carbonyl (C=O) groups excluding carboxylic acids is 1. The lowest BCUT2D eigenvalue weighted by molar-refractivity contribution is -0.116. The van der Waals surface area contributed by atoms with Gasteiger partial charge in [-0.15, -0.1) is 0 Å². The maximum Gasteiger partial charge on any atom is 0.261 e. The van der Waals surface area contributed by atoms with Crippen LogP contribution in [-0.4, -0.2) is 30.6 Å². The quantitative estimate of drug-likeness (QED) is 0.433. The molecule has 162 valence electrons. The first kappa shape index (κ1) is 20.3. The maximum atomic E-state index is 12.7. The van der Waals surface area contributed by atoms with Gasteiger partial charge in [0.25, 0.3) is 5.56 Å². The van der Waals surface area contributed by atoms with Crippen molar-refractivity contribution in [1.29, 1.82) is 0 Å². The molecule has 3 heterocycles. The van der Waals surface area contributed by atoms with E-state index in [4.69, 9.17) is 4.52 Å². The van der Waals surface area contributed by atoms with Crippen LogP contribution in [0.2, 0.25) is 0 Å². The van der Waals surface area contributed by atoms with Crippen LogP contribution in [0.1, 0.15) is 11.5 Å². The van der Waals surface area contributed by atoms with E-state index in [0.717, 1.165) is 11.1 Å². The first-order chi connectivity index (χ1) is 16.2. The average molecular weight is 438 g/mol. The van der Waals surface area contributed by atoms with Gasteiger partial charge < -0.3 is 9.84 Å². The first-order valence-corrected chi connectivity index (χ1v) is 10.2. The minimum Gasteiger partial charge on any atom is -0.339 e. The zero-order chi connectivity index (χ0) is 22.6. The van der Waals surface area contributed by atoms with E-state index in [1.807, 2.05) is 24.3 Å². The van der Waals surface area contributed by atoms with Crippen LogP contribution in [-0.2, 0) is 17.8 Å². The Kier molecular flexibility index (Phi) is 5.42. The van der Waals surface area contributed by atoms with Crippen molar-refractivity contribution in [2.45, 2.75) is 13.0 Å². The van der Waals surface area contributed by atoms with E-state index in [1.54, 1.807) is 48.8 Å². The summed E-state index contributed by atoms with van der Waals surface area (Å²) in [6, 6.07) is 18.0. The Morgan fingerprint density at radius 3 is 2.67 bits per heavy atom. The zero-order valence-corrected chi connectivity index (χ0v) is 17.4. The first-order valence-electron chi connectivity index (χ1n) is 10.2. The molecule has 1 amide bonds. The molecule has 0 saturated carbocycles. The largest absolute Gasteiger partial charge is 0.339 e. The predicted molar refractivity (Wildman–Crippen MR) is 121 cm³/mol. The molecule has 3 aromatic heterocycles. The molecule has 9 nitrogen and oxygen atoms in total. The van der Waals surface area contributed by atoms with E-state index in [-0.39, 0.29) is 18.0 Å². The van der Waals surface area contributed by atoms with Gasteiger partial charge in [-0.2, -0.15) is 4.98 Å². The summed E-state index contributed by atoms with van der Waals surface area (Å²) in [5.74, 6) is 0.542. The van der Waals surface area contributed by atoms with Crippen molar-refractivity contribution in [3.8, 4) is 11.4 Å². The van der Waals surface area contributed by atoms with Crippen LogP contribution in [0.3, 0.4) is 0 Å². The number of pyridine rings is 1. The lowest BCUT2D eigenvalue weighted by atomic mass is 10.1. The Bertz CT molecular complexity index is 1490. The molecule has 33 heavy (non-hydrogen) atoms. The van der Waals surface area contributed by atoms with Gasteiger partial charge in [-0.1, -0.05) is 35.5 Å². The van der Waals surface area contributed by atoms with Gasteiger partial charge in [-0.25, -0.2) is 4.98 Å². The molecular formula is C24H18N6O3. The third kappa shape index (κ3) is 4.38. The summed E-state index contributed by atoms with van der Waals surface area (Å²) in [5, 5.41) is 7.35. The highest BCUT2D eigenvalue weighted by Crippen LogP contribution is 2.21. The van der Waals surface area contributed by atoms with Gasteiger partial charge in [0.15, 0.2) is 0 Å². The molecule has 0 aliphatic carbocycles. The van der Waals surface area contributed by atoms with Crippen molar-refractivity contribution in [1.82, 2.24) is 24.7 Å². The van der Waals surface area contributed by atoms with Gasteiger partial charge in [0.1, 0.15) is 6.54 Å². The van der Waals surface area contributed by atoms with Crippen molar-refractivity contribution in [2.75, 3.05) is 5.32 Å². The molecule has 0 fully saturated rings. The number of rotatable bonds is 6. The highest BCUT2D eigenvalue weighted by molar-refractivity contribution is 5.91. The molecule has 1 N–H and O–H groups in total. The number of amides is 1. The summed E-state index contributed by atoms with van der Waals surface area (Å²) in [7, 11) is 0. The van der Waals surface area contributed by atoms with Crippen LogP contribution in [0.5, 0.6) is 0 Å². The topological polar surface area (TPSA) is 116 Å². The zero-order valence-electron chi connectivity index (χ0n) is 17.4. The van der Waals surface area contributed by atoms with Crippen molar-refractivity contribution in [2.24, 2.45) is 0 Å². The number of carbonyl (C=O) groups is 1. The fourth-order valence-electron chi connectivity index (χ4n) is 3.47. The van der Waals surface area contributed by atoms with Crippen molar-refractivity contribution < 1.29 is 9.32 Å². The Labute approximate surface area is 187 Å². The second-order valence-electron chi connectivity index (χ2n) is 7.32. The van der Waals surface area contributed by atoms with Gasteiger partial charge in [-0.05, 0) is 35.9 Å². The third-order valence-electron chi connectivity index (χ3n) is 5.09. The predicted octanol–water partition coefficient (Wildman–Crippen LogP) is 3.07.